The number of hydrogen-bond donors (Lipinski definition) is 2. The fourth-order valence-corrected chi connectivity index (χ4v) is 3.03. The number of nitrogens with zero attached hydrogens (tertiary/aromatic N) is 1. The topological polar surface area (TPSA) is 78.9 Å². The van der Waals surface area contributed by atoms with Crippen LogP contribution in [0.2, 0.25) is 0 Å². The molecule has 1 aliphatic rings. The van der Waals surface area contributed by atoms with Gasteiger partial charge in [0.25, 0.3) is 0 Å². The highest BCUT2D eigenvalue weighted by molar-refractivity contribution is 5.76. The molecule has 0 bridgehead atoms. The van der Waals surface area contributed by atoms with Gasteiger partial charge in [0.15, 0.2) is 0 Å². The van der Waals surface area contributed by atoms with Crippen LogP contribution in [0.25, 0.3) is 0 Å². The van der Waals surface area contributed by atoms with Crippen molar-refractivity contribution in [2.75, 3.05) is 20.2 Å². The lowest BCUT2D eigenvalue weighted by atomic mass is 9.91. The summed E-state index contributed by atoms with van der Waals surface area (Å²) in [4.78, 5) is 25.1. The lowest BCUT2D eigenvalue weighted by Gasteiger charge is -2.34. The van der Waals surface area contributed by atoms with E-state index in [-0.39, 0.29) is 18.5 Å². The predicted octanol–water partition coefficient (Wildman–Crippen LogP) is 2.26. The van der Waals surface area contributed by atoms with Crippen molar-refractivity contribution >= 4 is 12.0 Å². The summed E-state index contributed by atoms with van der Waals surface area (Å²) in [6.07, 6.45) is 0.619. The zero-order valence-corrected chi connectivity index (χ0v) is 13.8. The van der Waals surface area contributed by atoms with Crippen molar-refractivity contribution in [1.29, 1.82) is 0 Å². The molecule has 2 N–H and O–H groups in total. The van der Waals surface area contributed by atoms with E-state index >= 15 is 0 Å². The number of ether oxygens (including phenoxy) is 1. The third-order valence-corrected chi connectivity index (χ3v) is 4.09. The number of rotatable bonds is 4. The van der Waals surface area contributed by atoms with Crippen LogP contribution in [-0.4, -0.2) is 42.2 Å². The molecule has 23 heavy (non-hydrogen) atoms. The number of carboxylic acids is 1. The van der Waals surface area contributed by atoms with Crippen LogP contribution in [0.4, 0.5) is 4.79 Å². The summed E-state index contributed by atoms with van der Waals surface area (Å²) in [6, 6.07) is 5.58. The SMILES string of the molecule is COc1cc(C)cc(CNC(=O)N2CC(C)CC(C(=O)O)C2)c1. The minimum atomic E-state index is -0.835. The molecule has 0 spiro atoms. The van der Waals surface area contributed by atoms with Crippen molar-refractivity contribution in [3.63, 3.8) is 0 Å². The maximum absolute atomic E-state index is 12.3. The lowest BCUT2D eigenvalue weighted by molar-refractivity contribution is -0.143. The third kappa shape index (κ3) is 4.61. The number of aliphatic carboxylic acids is 1. The number of carbonyl (C=O) groups is 2. The van der Waals surface area contributed by atoms with Crippen molar-refractivity contribution in [2.45, 2.75) is 26.8 Å². The number of carboxylic acid groups (broad SMARTS) is 1. The van der Waals surface area contributed by atoms with Gasteiger partial charge < -0.3 is 20.1 Å². The number of aryl methyl sites for hydroxylation is 1. The van der Waals surface area contributed by atoms with Gasteiger partial charge in [-0.05, 0) is 42.5 Å². The second-order valence-corrected chi connectivity index (χ2v) is 6.30. The van der Waals surface area contributed by atoms with Crippen molar-refractivity contribution in [3.8, 4) is 5.75 Å². The fourth-order valence-electron chi connectivity index (χ4n) is 3.03. The van der Waals surface area contributed by atoms with Gasteiger partial charge in [0.1, 0.15) is 5.75 Å². The van der Waals surface area contributed by atoms with E-state index in [1.54, 1.807) is 12.0 Å². The number of urea groups is 1. The van der Waals surface area contributed by atoms with E-state index in [1.165, 1.54) is 0 Å². The first-order chi connectivity index (χ1) is 10.9. The van der Waals surface area contributed by atoms with E-state index in [0.717, 1.165) is 16.9 Å². The average Bonchev–Trinajstić information content (AvgIpc) is 2.51. The standard InChI is InChI=1S/C17H24N2O4/c1-11-4-13(7-15(6-11)23-3)8-18-17(22)19-9-12(2)5-14(10-19)16(20)21/h4,6-7,12,14H,5,8-10H2,1-3H3,(H,18,22)(H,20,21). The third-order valence-electron chi connectivity index (χ3n) is 4.09. The molecule has 2 rings (SSSR count). The van der Waals surface area contributed by atoms with E-state index in [2.05, 4.69) is 5.32 Å². The first-order valence-electron chi connectivity index (χ1n) is 7.79. The van der Waals surface area contributed by atoms with Crippen molar-refractivity contribution in [1.82, 2.24) is 10.2 Å². The summed E-state index contributed by atoms with van der Waals surface area (Å²) < 4.78 is 5.22. The normalized spacial score (nSPS) is 20.9. The lowest BCUT2D eigenvalue weighted by Crippen LogP contribution is -2.49. The molecular weight excluding hydrogens is 296 g/mol. The summed E-state index contributed by atoms with van der Waals surface area (Å²) >= 11 is 0. The Balaban J connectivity index is 1.96. The Hall–Kier alpha value is -2.24. The summed E-state index contributed by atoms with van der Waals surface area (Å²) in [5, 5.41) is 12.0. The Morgan fingerprint density at radius 3 is 2.74 bits per heavy atom. The van der Waals surface area contributed by atoms with Gasteiger partial charge in [-0.3, -0.25) is 4.79 Å². The van der Waals surface area contributed by atoms with E-state index in [1.807, 2.05) is 32.0 Å². The highest BCUT2D eigenvalue weighted by atomic mass is 16.5. The Morgan fingerprint density at radius 1 is 1.35 bits per heavy atom. The maximum atomic E-state index is 12.3. The molecule has 6 heteroatoms. The molecule has 6 nitrogen and oxygen atoms in total. The number of amides is 2. The van der Waals surface area contributed by atoms with Crippen molar-refractivity contribution in [3.05, 3.63) is 29.3 Å². The number of benzene rings is 1. The molecule has 0 aliphatic carbocycles. The summed E-state index contributed by atoms with van der Waals surface area (Å²) in [7, 11) is 1.61. The highest BCUT2D eigenvalue weighted by Gasteiger charge is 2.31. The van der Waals surface area contributed by atoms with Gasteiger partial charge >= 0.3 is 12.0 Å². The van der Waals surface area contributed by atoms with Crippen LogP contribution in [0.3, 0.4) is 0 Å². The number of nitrogens with one attached hydrogen (secondary N) is 1. The van der Waals surface area contributed by atoms with Crippen LogP contribution in [0.1, 0.15) is 24.5 Å². The van der Waals surface area contributed by atoms with Gasteiger partial charge in [0, 0.05) is 19.6 Å². The second-order valence-electron chi connectivity index (χ2n) is 6.30. The number of piperidine rings is 1. The second kappa shape index (κ2) is 7.35. The largest absolute Gasteiger partial charge is 0.497 e. The number of methoxy groups -OCH3 is 1. The minimum Gasteiger partial charge on any atom is -0.497 e. The molecule has 1 aliphatic heterocycles. The predicted molar refractivity (Wildman–Crippen MR) is 86.4 cm³/mol. The highest BCUT2D eigenvalue weighted by Crippen LogP contribution is 2.22. The Bertz CT molecular complexity index is 588. The van der Waals surface area contributed by atoms with E-state index < -0.39 is 11.9 Å². The number of carbonyl (C=O) groups excluding carboxylic acids is 1. The molecular formula is C17H24N2O4. The first-order valence-corrected chi connectivity index (χ1v) is 7.79. The smallest absolute Gasteiger partial charge is 0.317 e. The molecule has 0 aromatic heterocycles. The van der Waals surface area contributed by atoms with Gasteiger partial charge in [-0.1, -0.05) is 13.0 Å². The zero-order valence-electron chi connectivity index (χ0n) is 13.8. The van der Waals surface area contributed by atoms with Crippen LogP contribution in [0.15, 0.2) is 18.2 Å². The quantitative estimate of drug-likeness (QED) is 0.892. The molecule has 2 amide bonds. The molecule has 2 unspecified atom stereocenters. The monoisotopic (exact) mass is 320 g/mol. The maximum Gasteiger partial charge on any atom is 0.317 e. The molecule has 2 atom stereocenters. The average molecular weight is 320 g/mol. The van der Waals surface area contributed by atoms with Crippen LogP contribution < -0.4 is 10.1 Å². The Kier molecular flexibility index (Phi) is 5.47. The minimum absolute atomic E-state index is 0.190. The molecule has 0 radical (unpaired) electrons. The van der Waals surface area contributed by atoms with Gasteiger partial charge in [0.05, 0.1) is 13.0 Å². The van der Waals surface area contributed by atoms with Crippen LogP contribution in [0.5, 0.6) is 5.75 Å². The fraction of sp³-hybridized carbons (Fsp3) is 0.529. The van der Waals surface area contributed by atoms with Crippen molar-refractivity contribution in [2.24, 2.45) is 11.8 Å². The number of hydrogen-bond acceptors (Lipinski definition) is 3. The molecule has 1 aromatic carbocycles. The molecule has 1 saturated heterocycles. The first kappa shape index (κ1) is 17.1. The van der Waals surface area contributed by atoms with E-state index in [0.29, 0.717) is 19.5 Å². The van der Waals surface area contributed by atoms with Crippen LogP contribution in [0, 0.1) is 18.8 Å². The van der Waals surface area contributed by atoms with E-state index in [4.69, 9.17) is 4.74 Å². The Morgan fingerprint density at radius 2 is 2.09 bits per heavy atom. The van der Waals surface area contributed by atoms with Gasteiger partial charge in [-0.2, -0.15) is 0 Å². The van der Waals surface area contributed by atoms with E-state index in [9.17, 15) is 14.7 Å². The van der Waals surface area contributed by atoms with Gasteiger partial charge in [-0.25, -0.2) is 4.79 Å². The van der Waals surface area contributed by atoms with Crippen molar-refractivity contribution < 1.29 is 19.4 Å². The van der Waals surface area contributed by atoms with Crippen LogP contribution >= 0.6 is 0 Å². The summed E-state index contributed by atoms with van der Waals surface area (Å²) in [5.41, 5.74) is 2.01. The Labute approximate surface area is 136 Å². The number of likely N-dealkylation sites (tertiary alicyclic amines) is 1. The molecule has 1 fully saturated rings. The van der Waals surface area contributed by atoms with Gasteiger partial charge in [0.2, 0.25) is 0 Å². The zero-order chi connectivity index (χ0) is 17.0. The molecule has 0 saturated carbocycles. The summed E-state index contributed by atoms with van der Waals surface area (Å²) in [6.45, 7) is 5.19. The molecule has 1 aromatic rings. The molecule has 126 valence electrons. The van der Waals surface area contributed by atoms with Crippen LogP contribution in [-0.2, 0) is 11.3 Å². The summed E-state index contributed by atoms with van der Waals surface area (Å²) in [5.74, 6) is -0.372. The van der Waals surface area contributed by atoms with Gasteiger partial charge in [-0.15, -0.1) is 0 Å². The molecule has 1 heterocycles.